The second-order valence-electron chi connectivity index (χ2n) is 3.81. The first kappa shape index (κ1) is 12.5. The Morgan fingerprint density at radius 2 is 1.94 bits per heavy atom. The van der Waals surface area contributed by atoms with Crippen molar-refractivity contribution >= 4 is 0 Å². The topological polar surface area (TPSA) is 17.8 Å². The molecule has 1 aromatic carbocycles. The van der Waals surface area contributed by atoms with E-state index in [0.717, 1.165) is 6.54 Å². The molecule has 86 valence electrons. The minimum Gasteiger partial charge on any atom is -0.337 e. The van der Waals surface area contributed by atoms with Gasteiger partial charge in [0.2, 0.25) is 0 Å². The summed E-state index contributed by atoms with van der Waals surface area (Å²) in [6.07, 6.45) is 8.16. The standard InChI is InChI=1S/C7H12N2.C7H8/c1-2-3-5-9-6-4-8-7-9;1-7-5-3-2-4-6-7/h4,6-7H,2-3,5H2,1H3;2-6H,1H3. The minimum absolute atomic E-state index is 1.11. The molecule has 16 heavy (non-hydrogen) atoms. The summed E-state index contributed by atoms with van der Waals surface area (Å²) in [7, 11) is 0. The number of unbranched alkanes of at least 4 members (excludes halogenated alkanes) is 1. The van der Waals surface area contributed by atoms with Crippen molar-refractivity contribution in [2.24, 2.45) is 0 Å². The maximum atomic E-state index is 3.94. The van der Waals surface area contributed by atoms with Crippen LogP contribution in [0.3, 0.4) is 0 Å². The first-order valence-corrected chi connectivity index (χ1v) is 5.80. The highest BCUT2D eigenvalue weighted by Crippen LogP contribution is 1.93. The van der Waals surface area contributed by atoms with Crippen LogP contribution in [0, 0.1) is 6.92 Å². The molecule has 0 radical (unpaired) electrons. The third-order valence-electron chi connectivity index (χ3n) is 2.27. The van der Waals surface area contributed by atoms with E-state index in [1.807, 2.05) is 36.9 Å². The van der Waals surface area contributed by atoms with Gasteiger partial charge >= 0.3 is 0 Å². The highest BCUT2D eigenvalue weighted by molar-refractivity contribution is 5.11. The molecule has 1 aromatic heterocycles. The van der Waals surface area contributed by atoms with Crippen LogP contribution in [0.4, 0.5) is 0 Å². The van der Waals surface area contributed by atoms with E-state index < -0.39 is 0 Å². The third kappa shape index (κ3) is 5.35. The van der Waals surface area contributed by atoms with Crippen molar-refractivity contribution in [1.29, 1.82) is 0 Å². The van der Waals surface area contributed by atoms with Crippen molar-refractivity contribution in [2.75, 3.05) is 0 Å². The largest absolute Gasteiger partial charge is 0.337 e. The molecule has 2 heteroatoms. The lowest BCUT2D eigenvalue weighted by atomic mass is 10.2. The maximum Gasteiger partial charge on any atom is 0.0945 e. The Morgan fingerprint density at radius 1 is 1.19 bits per heavy atom. The monoisotopic (exact) mass is 216 g/mol. The van der Waals surface area contributed by atoms with Crippen molar-refractivity contribution in [3.63, 3.8) is 0 Å². The summed E-state index contributed by atoms with van der Waals surface area (Å²) in [4.78, 5) is 3.94. The van der Waals surface area contributed by atoms with Gasteiger partial charge in [-0.3, -0.25) is 0 Å². The molecule has 0 amide bonds. The van der Waals surface area contributed by atoms with Gasteiger partial charge in [0.25, 0.3) is 0 Å². The Hall–Kier alpha value is -1.57. The second-order valence-corrected chi connectivity index (χ2v) is 3.81. The van der Waals surface area contributed by atoms with E-state index in [4.69, 9.17) is 0 Å². The number of aryl methyl sites for hydroxylation is 2. The molecule has 2 nitrogen and oxygen atoms in total. The number of rotatable bonds is 3. The Bertz CT molecular complexity index is 351. The Balaban J connectivity index is 0.000000165. The van der Waals surface area contributed by atoms with E-state index in [0.29, 0.717) is 0 Å². The second kappa shape index (κ2) is 7.69. The molecule has 1 heterocycles. The fourth-order valence-corrected chi connectivity index (χ4v) is 1.29. The van der Waals surface area contributed by atoms with Crippen LogP contribution in [0.5, 0.6) is 0 Å². The van der Waals surface area contributed by atoms with Gasteiger partial charge in [-0.15, -0.1) is 0 Å². The number of nitrogens with zero attached hydrogens (tertiary/aromatic N) is 2. The van der Waals surface area contributed by atoms with Crippen LogP contribution in [0.2, 0.25) is 0 Å². The molecule has 2 rings (SSSR count). The highest BCUT2D eigenvalue weighted by Gasteiger charge is 1.85. The predicted molar refractivity (Wildman–Crippen MR) is 68.3 cm³/mol. The number of benzene rings is 1. The average Bonchev–Trinajstić information content (AvgIpc) is 2.81. The number of aromatic nitrogens is 2. The van der Waals surface area contributed by atoms with Gasteiger partial charge < -0.3 is 4.57 Å². The lowest BCUT2D eigenvalue weighted by molar-refractivity contribution is 0.631. The minimum atomic E-state index is 1.11. The van der Waals surface area contributed by atoms with Crippen molar-refractivity contribution < 1.29 is 0 Å². The van der Waals surface area contributed by atoms with Crippen molar-refractivity contribution in [3.05, 3.63) is 54.6 Å². The molecule has 0 unspecified atom stereocenters. The van der Waals surface area contributed by atoms with Crippen LogP contribution >= 0.6 is 0 Å². The van der Waals surface area contributed by atoms with Crippen molar-refractivity contribution in [2.45, 2.75) is 33.2 Å². The van der Waals surface area contributed by atoms with Gasteiger partial charge in [-0.2, -0.15) is 0 Å². The van der Waals surface area contributed by atoms with E-state index in [9.17, 15) is 0 Å². The molecular weight excluding hydrogens is 196 g/mol. The molecule has 0 fully saturated rings. The van der Waals surface area contributed by atoms with Crippen LogP contribution in [-0.2, 0) is 6.54 Å². The van der Waals surface area contributed by atoms with Gasteiger partial charge in [0.15, 0.2) is 0 Å². The number of hydrogen-bond donors (Lipinski definition) is 0. The van der Waals surface area contributed by atoms with Gasteiger partial charge in [-0.25, -0.2) is 4.98 Å². The smallest absolute Gasteiger partial charge is 0.0945 e. The van der Waals surface area contributed by atoms with E-state index in [1.54, 1.807) is 0 Å². The summed E-state index contributed by atoms with van der Waals surface area (Å²) in [5, 5.41) is 0. The molecule has 0 saturated carbocycles. The molecule has 0 aliphatic rings. The fourth-order valence-electron chi connectivity index (χ4n) is 1.29. The predicted octanol–water partition coefficient (Wildman–Crippen LogP) is 3.68. The van der Waals surface area contributed by atoms with Gasteiger partial charge in [0.05, 0.1) is 6.33 Å². The summed E-state index contributed by atoms with van der Waals surface area (Å²) < 4.78 is 2.10. The molecule has 0 atom stereocenters. The Labute approximate surface area is 98.0 Å². The van der Waals surface area contributed by atoms with Crippen molar-refractivity contribution in [1.82, 2.24) is 9.55 Å². The summed E-state index contributed by atoms with van der Waals surface area (Å²) in [5.74, 6) is 0. The summed E-state index contributed by atoms with van der Waals surface area (Å²) in [6.45, 7) is 5.38. The molecule has 0 aliphatic carbocycles. The zero-order valence-corrected chi connectivity index (χ0v) is 10.1. The van der Waals surface area contributed by atoms with Crippen LogP contribution < -0.4 is 0 Å². The number of hydrogen-bond acceptors (Lipinski definition) is 1. The quantitative estimate of drug-likeness (QED) is 0.765. The fraction of sp³-hybridized carbons (Fsp3) is 0.357. The van der Waals surface area contributed by atoms with Crippen LogP contribution in [0.25, 0.3) is 0 Å². The summed E-state index contributed by atoms with van der Waals surface area (Å²) in [6, 6.07) is 10.3. The molecular formula is C14H20N2. The average molecular weight is 216 g/mol. The first-order chi connectivity index (χ1) is 7.83. The molecule has 2 aromatic rings. The van der Waals surface area contributed by atoms with Gasteiger partial charge in [-0.05, 0) is 13.3 Å². The lowest BCUT2D eigenvalue weighted by Gasteiger charge is -1.96. The van der Waals surface area contributed by atoms with Crippen LogP contribution in [0.1, 0.15) is 25.3 Å². The van der Waals surface area contributed by atoms with Gasteiger partial charge in [0, 0.05) is 18.9 Å². The summed E-state index contributed by atoms with van der Waals surface area (Å²) >= 11 is 0. The highest BCUT2D eigenvalue weighted by atomic mass is 15.0. The maximum absolute atomic E-state index is 3.94. The Morgan fingerprint density at radius 3 is 2.38 bits per heavy atom. The van der Waals surface area contributed by atoms with Crippen LogP contribution in [-0.4, -0.2) is 9.55 Å². The molecule has 0 bridgehead atoms. The van der Waals surface area contributed by atoms with E-state index in [2.05, 4.69) is 35.5 Å². The third-order valence-corrected chi connectivity index (χ3v) is 2.27. The lowest BCUT2D eigenvalue weighted by Crippen LogP contribution is -1.92. The Kier molecular flexibility index (Phi) is 6.00. The number of imidazole rings is 1. The molecule has 0 saturated heterocycles. The first-order valence-electron chi connectivity index (χ1n) is 5.80. The summed E-state index contributed by atoms with van der Waals surface area (Å²) in [5.41, 5.74) is 1.32. The van der Waals surface area contributed by atoms with Crippen LogP contribution in [0.15, 0.2) is 49.1 Å². The van der Waals surface area contributed by atoms with E-state index in [-0.39, 0.29) is 0 Å². The SMILES string of the molecule is CCCCn1ccnc1.Cc1ccccc1. The molecule has 0 spiro atoms. The van der Waals surface area contributed by atoms with Crippen molar-refractivity contribution in [3.8, 4) is 0 Å². The van der Waals surface area contributed by atoms with Gasteiger partial charge in [0.1, 0.15) is 0 Å². The zero-order chi connectivity index (χ0) is 11.6. The van der Waals surface area contributed by atoms with Gasteiger partial charge in [-0.1, -0.05) is 49.2 Å². The molecule has 0 N–H and O–H groups in total. The zero-order valence-electron chi connectivity index (χ0n) is 10.1. The van der Waals surface area contributed by atoms with E-state index >= 15 is 0 Å². The van der Waals surface area contributed by atoms with E-state index in [1.165, 1.54) is 18.4 Å². The normalized spacial score (nSPS) is 9.38. The molecule has 0 aliphatic heterocycles.